The Labute approximate surface area is 82.1 Å². The van der Waals surface area contributed by atoms with Gasteiger partial charge in [-0.3, -0.25) is 0 Å². The summed E-state index contributed by atoms with van der Waals surface area (Å²) in [6.07, 6.45) is 6.23. The van der Waals surface area contributed by atoms with Gasteiger partial charge in [0.1, 0.15) is 0 Å². The van der Waals surface area contributed by atoms with Crippen LogP contribution in [0.5, 0.6) is 0 Å². The van der Waals surface area contributed by atoms with Gasteiger partial charge in [0.25, 0.3) is 0 Å². The molecule has 0 aromatic carbocycles. The van der Waals surface area contributed by atoms with Crippen LogP contribution in [0.15, 0.2) is 0 Å². The molecule has 74 valence electrons. The van der Waals surface area contributed by atoms with Crippen LogP contribution in [0.2, 0.25) is 0 Å². The molecule has 1 fully saturated rings. The third-order valence-electron chi connectivity index (χ3n) is 3.41. The van der Waals surface area contributed by atoms with Crippen molar-refractivity contribution in [2.45, 2.75) is 46.0 Å². The van der Waals surface area contributed by atoms with E-state index < -0.39 is 0 Å². The van der Waals surface area contributed by atoms with Gasteiger partial charge in [-0.2, -0.15) is 0 Å². The van der Waals surface area contributed by atoms with Crippen LogP contribution < -0.4 is 5.73 Å². The van der Waals surface area contributed by atoms with Gasteiger partial charge in [-0.05, 0) is 37.6 Å². The number of rotatable bonds is 2. The minimum atomic E-state index is 0.357. The van der Waals surface area contributed by atoms with Crippen molar-refractivity contribution in [1.82, 2.24) is 0 Å². The summed E-state index contributed by atoms with van der Waals surface area (Å²) in [5.74, 6) is 7.07. The molecular formula is C12H21N. The molecule has 0 spiro atoms. The summed E-state index contributed by atoms with van der Waals surface area (Å²) >= 11 is 0. The van der Waals surface area contributed by atoms with Gasteiger partial charge in [0.2, 0.25) is 0 Å². The van der Waals surface area contributed by atoms with Gasteiger partial charge in [-0.25, -0.2) is 0 Å². The molecule has 1 saturated carbocycles. The summed E-state index contributed by atoms with van der Waals surface area (Å²) in [5.41, 5.74) is 6.21. The van der Waals surface area contributed by atoms with E-state index in [2.05, 4.69) is 18.8 Å². The van der Waals surface area contributed by atoms with E-state index in [0.29, 0.717) is 5.41 Å². The predicted molar refractivity (Wildman–Crippen MR) is 57.2 cm³/mol. The molecule has 0 heterocycles. The summed E-state index contributed by atoms with van der Waals surface area (Å²) in [7, 11) is 0. The Balaban J connectivity index is 2.53. The lowest BCUT2D eigenvalue weighted by Gasteiger charge is -2.37. The Morgan fingerprint density at radius 1 is 1.38 bits per heavy atom. The van der Waals surface area contributed by atoms with Crippen LogP contribution in [0.3, 0.4) is 0 Å². The van der Waals surface area contributed by atoms with Crippen LogP contribution in [0.25, 0.3) is 0 Å². The molecule has 0 bridgehead atoms. The molecule has 2 N–H and O–H groups in total. The maximum absolute atomic E-state index is 5.86. The van der Waals surface area contributed by atoms with Gasteiger partial charge in [0.05, 0.1) is 0 Å². The summed E-state index contributed by atoms with van der Waals surface area (Å²) in [5, 5.41) is 0. The highest BCUT2D eigenvalue weighted by Gasteiger charge is 2.31. The van der Waals surface area contributed by atoms with Crippen molar-refractivity contribution in [2.75, 3.05) is 6.54 Å². The molecular weight excluding hydrogens is 158 g/mol. The average Bonchev–Trinajstić information content (AvgIpc) is 2.18. The Kier molecular flexibility index (Phi) is 3.81. The van der Waals surface area contributed by atoms with Gasteiger partial charge < -0.3 is 5.73 Å². The molecule has 1 aliphatic rings. The van der Waals surface area contributed by atoms with Crippen molar-refractivity contribution in [1.29, 1.82) is 0 Å². The first-order valence-corrected chi connectivity index (χ1v) is 5.32. The molecule has 13 heavy (non-hydrogen) atoms. The SMILES string of the molecule is CC#CCC1(CN)CCC(C)CC1. The van der Waals surface area contributed by atoms with E-state index >= 15 is 0 Å². The van der Waals surface area contributed by atoms with Crippen molar-refractivity contribution in [3.05, 3.63) is 0 Å². The van der Waals surface area contributed by atoms with E-state index in [1.165, 1.54) is 25.7 Å². The highest BCUT2D eigenvalue weighted by molar-refractivity contribution is 5.02. The summed E-state index contributed by atoms with van der Waals surface area (Å²) in [6, 6.07) is 0. The zero-order chi connectivity index (χ0) is 9.73. The molecule has 0 amide bonds. The number of hydrogen-bond acceptors (Lipinski definition) is 1. The van der Waals surface area contributed by atoms with Gasteiger partial charge in [-0.15, -0.1) is 11.8 Å². The topological polar surface area (TPSA) is 26.0 Å². The Morgan fingerprint density at radius 3 is 2.46 bits per heavy atom. The average molecular weight is 179 g/mol. The van der Waals surface area contributed by atoms with Crippen molar-refractivity contribution < 1.29 is 0 Å². The van der Waals surface area contributed by atoms with E-state index in [9.17, 15) is 0 Å². The van der Waals surface area contributed by atoms with Crippen LogP contribution >= 0.6 is 0 Å². The maximum Gasteiger partial charge on any atom is 0.0157 e. The first-order valence-electron chi connectivity index (χ1n) is 5.32. The smallest absolute Gasteiger partial charge is 0.0157 e. The van der Waals surface area contributed by atoms with E-state index in [0.717, 1.165) is 18.9 Å². The Morgan fingerprint density at radius 2 is 2.00 bits per heavy atom. The zero-order valence-electron chi connectivity index (χ0n) is 8.90. The first kappa shape index (κ1) is 10.6. The Hall–Kier alpha value is -0.480. The molecule has 1 nitrogen and oxygen atoms in total. The summed E-state index contributed by atoms with van der Waals surface area (Å²) in [4.78, 5) is 0. The van der Waals surface area contributed by atoms with Crippen LogP contribution in [0.1, 0.15) is 46.0 Å². The van der Waals surface area contributed by atoms with Gasteiger partial charge >= 0.3 is 0 Å². The predicted octanol–water partition coefficient (Wildman–Crippen LogP) is 2.56. The standard InChI is InChI=1S/C12H21N/c1-3-4-7-12(10-13)8-5-11(2)6-9-12/h11H,5-10,13H2,1-2H3. The van der Waals surface area contributed by atoms with E-state index in [-0.39, 0.29) is 0 Å². The molecule has 0 aliphatic heterocycles. The van der Waals surface area contributed by atoms with Crippen molar-refractivity contribution in [2.24, 2.45) is 17.1 Å². The first-order chi connectivity index (χ1) is 6.22. The highest BCUT2D eigenvalue weighted by atomic mass is 14.6. The van der Waals surface area contributed by atoms with E-state index in [1.807, 2.05) is 6.92 Å². The van der Waals surface area contributed by atoms with Crippen molar-refractivity contribution in [3.63, 3.8) is 0 Å². The Bertz CT molecular complexity index is 201. The lowest BCUT2D eigenvalue weighted by molar-refractivity contribution is 0.169. The van der Waals surface area contributed by atoms with Crippen LogP contribution in [0, 0.1) is 23.2 Å². The maximum atomic E-state index is 5.86. The van der Waals surface area contributed by atoms with Crippen LogP contribution in [-0.4, -0.2) is 6.54 Å². The van der Waals surface area contributed by atoms with Crippen LogP contribution in [-0.2, 0) is 0 Å². The summed E-state index contributed by atoms with van der Waals surface area (Å²) < 4.78 is 0. The quantitative estimate of drug-likeness (QED) is 0.648. The van der Waals surface area contributed by atoms with E-state index in [4.69, 9.17) is 5.73 Å². The second kappa shape index (κ2) is 4.67. The second-order valence-corrected chi connectivity index (χ2v) is 4.49. The fraction of sp³-hybridized carbons (Fsp3) is 0.833. The molecule has 1 rings (SSSR count). The highest BCUT2D eigenvalue weighted by Crippen LogP contribution is 2.40. The van der Waals surface area contributed by atoms with Crippen LogP contribution in [0.4, 0.5) is 0 Å². The molecule has 1 aliphatic carbocycles. The molecule has 0 radical (unpaired) electrons. The molecule has 0 aromatic rings. The molecule has 0 atom stereocenters. The number of nitrogens with two attached hydrogens (primary N) is 1. The zero-order valence-corrected chi connectivity index (χ0v) is 8.90. The normalized spacial score (nSPS) is 33.6. The minimum Gasteiger partial charge on any atom is -0.330 e. The monoisotopic (exact) mass is 179 g/mol. The van der Waals surface area contributed by atoms with Gasteiger partial charge in [-0.1, -0.05) is 19.8 Å². The van der Waals surface area contributed by atoms with E-state index in [1.54, 1.807) is 0 Å². The largest absolute Gasteiger partial charge is 0.330 e. The van der Waals surface area contributed by atoms with Crippen molar-refractivity contribution in [3.8, 4) is 11.8 Å². The minimum absolute atomic E-state index is 0.357. The molecule has 1 heteroatoms. The third-order valence-corrected chi connectivity index (χ3v) is 3.41. The lowest BCUT2D eigenvalue weighted by Crippen LogP contribution is -2.34. The van der Waals surface area contributed by atoms with Gasteiger partial charge in [0.15, 0.2) is 0 Å². The van der Waals surface area contributed by atoms with Crippen molar-refractivity contribution >= 4 is 0 Å². The summed E-state index contributed by atoms with van der Waals surface area (Å²) in [6.45, 7) is 5.07. The fourth-order valence-corrected chi connectivity index (χ4v) is 2.10. The third kappa shape index (κ3) is 2.74. The molecule has 0 saturated heterocycles. The number of hydrogen-bond donors (Lipinski definition) is 1. The fourth-order valence-electron chi connectivity index (χ4n) is 2.10. The van der Waals surface area contributed by atoms with Gasteiger partial charge in [0, 0.05) is 6.42 Å². The molecule has 0 aromatic heterocycles. The second-order valence-electron chi connectivity index (χ2n) is 4.49. The molecule has 0 unspecified atom stereocenters. The lowest BCUT2D eigenvalue weighted by atomic mass is 9.69.